The summed E-state index contributed by atoms with van der Waals surface area (Å²) in [5.41, 5.74) is 3.85. The van der Waals surface area contributed by atoms with Gasteiger partial charge in [0.1, 0.15) is 6.10 Å². The van der Waals surface area contributed by atoms with Gasteiger partial charge in [-0.2, -0.15) is 0 Å². The van der Waals surface area contributed by atoms with Crippen molar-refractivity contribution in [1.29, 1.82) is 0 Å². The van der Waals surface area contributed by atoms with Gasteiger partial charge in [-0.05, 0) is 24.5 Å². The number of methoxy groups -OCH3 is 1. The number of esters is 1. The Morgan fingerprint density at radius 1 is 1.03 bits per heavy atom. The van der Waals surface area contributed by atoms with Crippen molar-refractivity contribution >= 4 is 22.8 Å². The Morgan fingerprint density at radius 2 is 1.76 bits per heavy atom. The van der Waals surface area contributed by atoms with Gasteiger partial charge in [0.2, 0.25) is 0 Å². The predicted molar refractivity (Wildman–Crippen MR) is 129 cm³/mol. The van der Waals surface area contributed by atoms with E-state index in [1.54, 1.807) is 0 Å². The zero-order chi connectivity index (χ0) is 23.5. The molecule has 3 heterocycles. The van der Waals surface area contributed by atoms with E-state index in [1.165, 1.54) is 7.11 Å². The van der Waals surface area contributed by atoms with Crippen molar-refractivity contribution in [1.82, 2.24) is 14.8 Å². The lowest BCUT2D eigenvalue weighted by Crippen LogP contribution is -2.51. The van der Waals surface area contributed by atoms with Crippen molar-refractivity contribution in [2.75, 3.05) is 39.9 Å². The van der Waals surface area contributed by atoms with E-state index in [2.05, 4.69) is 4.90 Å². The fourth-order valence-electron chi connectivity index (χ4n) is 4.92. The second kappa shape index (κ2) is 9.91. The summed E-state index contributed by atoms with van der Waals surface area (Å²) in [5, 5.41) is 0.921. The molecule has 0 unspecified atom stereocenters. The maximum Gasteiger partial charge on any atom is 0.340 e. The molecular formula is C27H29N3O4. The van der Waals surface area contributed by atoms with E-state index in [9.17, 15) is 9.59 Å². The Balaban J connectivity index is 1.45. The van der Waals surface area contributed by atoms with Crippen LogP contribution in [-0.4, -0.2) is 72.7 Å². The molecule has 0 saturated carbocycles. The zero-order valence-electron chi connectivity index (χ0n) is 19.4. The SMILES string of the molecule is COC(=O)c1c(CN2CCN(C(=O)[C@H]3CCCO3)CC2)nc2ccccc2c1-c1ccccc1. The smallest absolute Gasteiger partial charge is 0.340 e. The van der Waals surface area contributed by atoms with Gasteiger partial charge in [-0.1, -0.05) is 48.5 Å². The maximum absolute atomic E-state index is 13.1. The number of ether oxygens (including phenoxy) is 2. The van der Waals surface area contributed by atoms with Crippen LogP contribution in [-0.2, 0) is 20.8 Å². The molecule has 7 nitrogen and oxygen atoms in total. The molecule has 34 heavy (non-hydrogen) atoms. The van der Waals surface area contributed by atoms with E-state index >= 15 is 0 Å². The molecule has 0 spiro atoms. The molecule has 2 fully saturated rings. The number of amides is 1. The largest absolute Gasteiger partial charge is 0.465 e. The molecule has 1 atom stereocenters. The van der Waals surface area contributed by atoms with Crippen LogP contribution in [0.1, 0.15) is 28.9 Å². The van der Waals surface area contributed by atoms with Crippen LogP contribution in [0.2, 0.25) is 0 Å². The van der Waals surface area contributed by atoms with Crippen molar-refractivity contribution in [3.05, 3.63) is 65.9 Å². The molecule has 2 saturated heterocycles. The fourth-order valence-corrected chi connectivity index (χ4v) is 4.92. The normalized spacial score (nSPS) is 18.9. The standard InChI is InChI=1S/C27H29N3O4/c1-33-27(32)25-22(18-29-13-15-30(16-14-29)26(31)23-12-7-17-34-23)28-21-11-6-5-10-20(21)24(25)19-8-3-2-4-9-19/h2-6,8-11,23H,7,12-18H2,1H3/t23-/m1/s1. The average molecular weight is 460 g/mol. The lowest BCUT2D eigenvalue weighted by atomic mass is 9.93. The van der Waals surface area contributed by atoms with Gasteiger partial charge in [0.05, 0.1) is 23.9 Å². The van der Waals surface area contributed by atoms with Gasteiger partial charge in [0, 0.05) is 50.3 Å². The number of rotatable bonds is 5. The third kappa shape index (κ3) is 4.41. The minimum atomic E-state index is -0.390. The first kappa shape index (κ1) is 22.5. The summed E-state index contributed by atoms with van der Waals surface area (Å²) in [7, 11) is 1.41. The summed E-state index contributed by atoms with van der Waals surface area (Å²) in [4.78, 5) is 34.8. The second-order valence-corrected chi connectivity index (χ2v) is 8.79. The Labute approximate surface area is 199 Å². The number of aromatic nitrogens is 1. The second-order valence-electron chi connectivity index (χ2n) is 8.79. The number of carbonyl (C=O) groups excluding carboxylic acids is 2. The van der Waals surface area contributed by atoms with Gasteiger partial charge >= 0.3 is 5.97 Å². The topological polar surface area (TPSA) is 72.0 Å². The van der Waals surface area contributed by atoms with Gasteiger partial charge in [-0.3, -0.25) is 14.7 Å². The van der Waals surface area contributed by atoms with Crippen LogP contribution < -0.4 is 0 Å². The number of nitrogens with zero attached hydrogens (tertiary/aromatic N) is 3. The van der Waals surface area contributed by atoms with Crippen molar-refractivity contribution in [3.8, 4) is 11.1 Å². The molecule has 0 bridgehead atoms. The summed E-state index contributed by atoms with van der Waals surface area (Å²) >= 11 is 0. The molecule has 2 aliphatic heterocycles. The number of hydrogen-bond acceptors (Lipinski definition) is 6. The molecule has 176 valence electrons. The van der Waals surface area contributed by atoms with Crippen molar-refractivity contribution in [2.45, 2.75) is 25.5 Å². The van der Waals surface area contributed by atoms with E-state index < -0.39 is 0 Å². The first-order valence-corrected chi connectivity index (χ1v) is 11.8. The lowest BCUT2D eigenvalue weighted by Gasteiger charge is -2.35. The van der Waals surface area contributed by atoms with Gasteiger partial charge in [-0.25, -0.2) is 4.79 Å². The number of pyridine rings is 1. The number of para-hydroxylation sites is 1. The minimum Gasteiger partial charge on any atom is -0.465 e. The first-order chi connectivity index (χ1) is 16.7. The molecule has 0 N–H and O–H groups in total. The van der Waals surface area contributed by atoms with E-state index in [0.717, 1.165) is 34.9 Å². The highest BCUT2D eigenvalue weighted by molar-refractivity contribution is 6.07. The molecular weight excluding hydrogens is 430 g/mol. The van der Waals surface area contributed by atoms with E-state index in [4.69, 9.17) is 14.5 Å². The summed E-state index contributed by atoms with van der Waals surface area (Å²) < 4.78 is 10.8. The van der Waals surface area contributed by atoms with Gasteiger partial charge < -0.3 is 14.4 Å². The average Bonchev–Trinajstić information content (AvgIpc) is 3.43. The summed E-state index contributed by atoms with van der Waals surface area (Å²) in [5.74, 6) is -0.290. The molecule has 7 heteroatoms. The van der Waals surface area contributed by atoms with Crippen LogP contribution in [0.3, 0.4) is 0 Å². The highest BCUT2D eigenvalue weighted by Crippen LogP contribution is 2.34. The molecule has 1 amide bonds. The van der Waals surface area contributed by atoms with E-state index in [1.807, 2.05) is 59.5 Å². The minimum absolute atomic E-state index is 0.0996. The van der Waals surface area contributed by atoms with Crippen LogP contribution in [0.25, 0.3) is 22.0 Å². The summed E-state index contributed by atoms with van der Waals surface area (Å²) in [6.45, 7) is 3.90. The number of piperazine rings is 1. The quantitative estimate of drug-likeness (QED) is 0.544. The molecule has 3 aromatic rings. The Morgan fingerprint density at radius 3 is 2.47 bits per heavy atom. The van der Waals surface area contributed by atoms with Crippen molar-refractivity contribution < 1.29 is 19.1 Å². The van der Waals surface area contributed by atoms with Gasteiger partial charge in [-0.15, -0.1) is 0 Å². The zero-order valence-corrected chi connectivity index (χ0v) is 19.4. The Kier molecular flexibility index (Phi) is 6.56. The highest BCUT2D eigenvalue weighted by Gasteiger charge is 2.31. The molecule has 2 aromatic carbocycles. The number of carbonyl (C=O) groups is 2. The molecule has 5 rings (SSSR count). The lowest BCUT2D eigenvalue weighted by molar-refractivity contribution is -0.142. The third-order valence-electron chi connectivity index (χ3n) is 6.68. The highest BCUT2D eigenvalue weighted by atomic mass is 16.5. The van der Waals surface area contributed by atoms with Gasteiger partial charge in [0.15, 0.2) is 0 Å². The van der Waals surface area contributed by atoms with E-state index in [-0.39, 0.29) is 18.0 Å². The summed E-state index contributed by atoms with van der Waals surface area (Å²) in [6, 6.07) is 17.8. The van der Waals surface area contributed by atoms with Crippen LogP contribution in [0, 0.1) is 0 Å². The molecule has 2 aliphatic rings. The monoisotopic (exact) mass is 459 g/mol. The van der Waals surface area contributed by atoms with Crippen LogP contribution in [0.4, 0.5) is 0 Å². The number of benzene rings is 2. The van der Waals surface area contributed by atoms with Crippen LogP contribution in [0.5, 0.6) is 0 Å². The Bertz CT molecular complexity index is 1180. The predicted octanol–water partition coefficient (Wildman–Crippen LogP) is 3.51. The van der Waals surface area contributed by atoms with Gasteiger partial charge in [0.25, 0.3) is 5.91 Å². The number of hydrogen-bond donors (Lipinski definition) is 0. The van der Waals surface area contributed by atoms with Crippen molar-refractivity contribution in [2.24, 2.45) is 0 Å². The fraction of sp³-hybridized carbons (Fsp3) is 0.370. The Hall–Kier alpha value is -3.29. The molecule has 0 aliphatic carbocycles. The molecule has 1 aromatic heterocycles. The number of fused-ring (bicyclic) bond motifs is 1. The molecule has 0 radical (unpaired) electrons. The maximum atomic E-state index is 13.1. The third-order valence-corrected chi connectivity index (χ3v) is 6.68. The summed E-state index contributed by atoms with van der Waals surface area (Å²) in [6.07, 6.45) is 1.47. The first-order valence-electron chi connectivity index (χ1n) is 11.8. The van der Waals surface area contributed by atoms with Crippen LogP contribution in [0.15, 0.2) is 54.6 Å². The van der Waals surface area contributed by atoms with E-state index in [0.29, 0.717) is 50.6 Å². The van der Waals surface area contributed by atoms with Crippen molar-refractivity contribution in [3.63, 3.8) is 0 Å². The van der Waals surface area contributed by atoms with Crippen LogP contribution >= 0.6 is 0 Å².